The van der Waals surface area contributed by atoms with Gasteiger partial charge in [-0.1, -0.05) is 12.1 Å². The highest BCUT2D eigenvalue weighted by Gasteiger charge is 2.34. The summed E-state index contributed by atoms with van der Waals surface area (Å²) >= 11 is 0. The third-order valence-electron chi connectivity index (χ3n) is 5.94. The van der Waals surface area contributed by atoms with Crippen LogP contribution in [-0.2, 0) is 6.54 Å². The zero-order valence-corrected chi connectivity index (χ0v) is 18.2. The van der Waals surface area contributed by atoms with Gasteiger partial charge in [0, 0.05) is 18.2 Å². The summed E-state index contributed by atoms with van der Waals surface area (Å²) in [5.74, 6) is 0.515. The van der Waals surface area contributed by atoms with E-state index in [9.17, 15) is 13.9 Å². The minimum atomic E-state index is -0.909. The van der Waals surface area contributed by atoms with Crippen molar-refractivity contribution in [2.75, 3.05) is 5.32 Å². The molecule has 1 aliphatic heterocycles. The average Bonchev–Trinajstić information content (AvgIpc) is 3.34. The van der Waals surface area contributed by atoms with Gasteiger partial charge in [-0.2, -0.15) is 10.1 Å². The normalized spacial score (nSPS) is 20.3. The highest BCUT2D eigenvalue weighted by atomic mass is 19.1. The fourth-order valence-electron chi connectivity index (χ4n) is 4.19. The molecule has 0 fully saturated rings. The molecule has 2 N–H and O–H groups in total. The summed E-state index contributed by atoms with van der Waals surface area (Å²) in [4.78, 5) is 8.68. The van der Waals surface area contributed by atoms with Gasteiger partial charge in [0.05, 0.1) is 5.60 Å². The van der Waals surface area contributed by atoms with Gasteiger partial charge in [0.1, 0.15) is 29.5 Å². The molecule has 0 amide bonds. The van der Waals surface area contributed by atoms with Crippen LogP contribution in [-0.4, -0.2) is 40.2 Å². The summed E-state index contributed by atoms with van der Waals surface area (Å²) in [5, 5.41) is 22.4. The van der Waals surface area contributed by atoms with E-state index in [0.717, 1.165) is 5.56 Å². The predicted molar refractivity (Wildman–Crippen MR) is 117 cm³/mol. The van der Waals surface area contributed by atoms with Crippen LogP contribution in [0, 0.1) is 18.6 Å². The van der Waals surface area contributed by atoms with Gasteiger partial charge >= 0.3 is 0 Å². The van der Waals surface area contributed by atoms with Crippen LogP contribution in [0.3, 0.4) is 0 Å². The Morgan fingerprint density at radius 1 is 1.15 bits per heavy atom. The fraction of sp³-hybridized carbons (Fsp3) is 0.304. The summed E-state index contributed by atoms with van der Waals surface area (Å²) < 4.78 is 31.4. The third-order valence-corrected chi connectivity index (χ3v) is 5.94. The van der Waals surface area contributed by atoms with Crippen LogP contribution in [0.4, 0.5) is 20.4 Å². The zero-order valence-electron chi connectivity index (χ0n) is 18.2. The average molecular weight is 451 g/mol. The van der Waals surface area contributed by atoms with Gasteiger partial charge in [0.25, 0.3) is 0 Å². The van der Waals surface area contributed by atoms with Crippen LogP contribution in [0.25, 0.3) is 5.69 Å². The molecule has 1 unspecified atom stereocenters. The highest BCUT2D eigenvalue weighted by Crippen LogP contribution is 2.37. The van der Waals surface area contributed by atoms with E-state index >= 15 is 0 Å². The molecular formula is C23H23F2N7O. The Kier molecular flexibility index (Phi) is 5.16. The first-order chi connectivity index (χ1) is 15.8. The number of aromatic nitrogens is 6. The Labute approximate surface area is 188 Å². The lowest BCUT2D eigenvalue weighted by Gasteiger charge is -2.24. The van der Waals surface area contributed by atoms with Crippen molar-refractivity contribution in [1.29, 1.82) is 0 Å². The topological polar surface area (TPSA) is 93.7 Å². The van der Waals surface area contributed by atoms with Crippen LogP contribution in [0.15, 0.2) is 48.8 Å². The van der Waals surface area contributed by atoms with Crippen LogP contribution in [0.2, 0.25) is 0 Å². The summed E-state index contributed by atoms with van der Waals surface area (Å²) in [6.07, 6.45) is 2.30. The van der Waals surface area contributed by atoms with E-state index < -0.39 is 11.4 Å². The largest absolute Gasteiger partial charge is 0.390 e. The zero-order chi connectivity index (χ0) is 23.2. The van der Waals surface area contributed by atoms with E-state index in [2.05, 4.69) is 25.5 Å². The molecule has 5 rings (SSSR count). The second kappa shape index (κ2) is 8.04. The van der Waals surface area contributed by atoms with Crippen molar-refractivity contribution in [3.63, 3.8) is 0 Å². The van der Waals surface area contributed by atoms with E-state index in [1.165, 1.54) is 29.2 Å². The first kappa shape index (κ1) is 21.2. The highest BCUT2D eigenvalue weighted by molar-refractivity contribution is 5.56. The molecule has 0 saturated heterocycles. The van der Waals surface area contributed by atoms with Crippen LogP contribution in [0.5, 0.6) is 0 Å². The maximum atomic E-state index is 14.7. The van der Waals surface area contributed by atoms with Crippen LogP contribution >= 0.6 is 0 Å². The lowest BCUT2D eigenvalue weighted by atomic mass is 9.86. The Hall–Kier alpha value is -3.66. The molecule has 0 spiro atoms. The number of fused-ring (bicyclic) bond motifs is 1. The number of rotatable bonds is 4. The van der Waals surface area contributed by atoms with E-state index in [1.54, 1.807) is 42.8 Å². The maximum absolute atomic E-state index is 14.7. The van der Waals surface area contributed by atoms with Gasteiger partial charge in [-0.25, -0.2) is 23.1 Å². The Balaban J connectivity index is 1.45. The Bertz CT molecular complexity index is 1300. The van der Waals surface area contributed by atoms with Gasteiger partial charge in [0.2, 0.25) is 5.95 Å². The first-order valence-electron chi connectivity index (χ1n) is 10.7. The molecule has 0 aliphatic carbocycles. The summed E-state index contributed by atoms with van der Waals surface area (Å²) in [6, 6.07) is 10.9. The number of benzene rings is 2. The molecule has 1 aliphatic rings. The number of nitrogens with one attached hydrogen (secondary N) is 1. The quantitative estimate of drug-likeness (QED) is 0.489. The minimum Gasteiger partial charge on any atom is -0.390 e. The monoisotopic (exact) mass is 451 g/mol. The predicted octanol–water partition coefficient (Wildman–Crippen LogP) is 3.87. The lowest BCUT2D eigenvalue weighted by molar-refractivity contribution is 0.0384. The van der Waals surface area contributed by atoms with E-state index in [1.807, 2.05) is 0 Å². The Morgan fingerprint density at radius 3 is 2.64 bits per heavy atom. The minimum absolute atomic E-state index is 0.263. The molecule has 4 aromatic rings. The number of anilines is 2. The van der Waals surface area contributed by atoms with Gasteiger partial charge in [-0.05, 0) is 62.6 Å². The summed E-state index contributed by atoms with van der Waals surface area (Å²) in [5.41, 5.74) is 0.716. The molecule has 0 radical (unpaired) electrons. The summed E-state index contributed by atoms with van der Waals surface area (Å²) in [6.45, 7) is 4.01. The standard InChI is InChI=1S/C23H23F2N7O/c1-14-26-13-27-32(14)20-8-7-17(11-19(20)25)28-22-29-21-18(15-3-5-16(24)6-4-15)12-23(2,33)9-10-31(21)30-22/h3-8,11,13,18,33H,9-10,12H2,1-2H3,(H,28,30)/t18?,23-/m1/s1. The number of halogens is 2. The van der Waals surface area contributed by atoms with Gasteiger partial charge in [-0.15, -0.1) is 5.10 Å². The molecular weight excluding hydrogens is 428 g/mol. The second-order valence-corrected chi connectivity index (χ2v) is 8.58. The molecule has 8 nitrogen and oxygen atoms in total. The van der Waals surface area contributed by atoms with Crippen molar-refractivity contribution < 1.29 is 13.9 Å². The number of aryl methyl sites for hydroxylation is 2. The van der Waals surface area contributed by atoms with Crippen LogP contribution < -0.4 is 5.32 Å². The molecule has 2 atom stereocenters. The summed E-state index contributed by atoms with van der Waals surface area (Å²) in [7, 11) is 0. The van der Waals surface area contributed by atoms with Crippen molar-refractivity contribution in [2.45, 2.75) is 44.8 Å². The van der Waals surface area contributed by atoms with Crippen molar-refractivity contribution in [1.82, 2.24) is 29.5 Å². The fourth-order valence-corrected chi connectivity index (χ4v) is 4.19. The molecule has 0 saturated carbocycles. The molecule has 0 bridgehead atoms. The van der Waals surface area contributed by atoms with Crippen molar-refractivity contribution in [3.8, 4) is 5.69 Å². The van der Waals surface area contributed by atoms with E-state index in [-0.39, 0.29) is 11.7 Å². The molecule has 10 heteroatoms. The number of hydrogen-bond donors (Lipinski definition) is 2. The third kappa shape index (κ3) is 4.21. The first-order valence-corrected chi connectivity index (χ1v) is 10.7. The SMILES string of the molecule is Cc1ncnn1-c1ccc(Nc2nc3n(n2)CC[C@@](C)(O)CC3c2ccc(F)cc2)cc1F. The van der Waals surface area contributed by atoms with E-state index in [0.29, 0.717) is 48.4 Å². The number of nitrogens with zero attached hydrogens (tertiary/aromatic N) is 6. The van der Waals surface area contributed by atoms with E-state index in [4.69, 9.17) is 0 Å². The lowest BCUT2D eigenvalue weighted by Crippen LogP contribution is -2.26. The Morgan fingerprint density at radius 2 is 1.94 bits per heavy atom. The van der Waals surface area contributed by atoms with Gasteiger partial charge < -0.3 is 10.4 Å². The van der Waals surface area contributed by atoms with Gasteiger partial charge in [0.15, 0.2) is 5.82 Å². The van der Waals surface area contributed by atoms with Crippen molar-refractivity contribution >= 4 is 11.6 Å². The smallest absolute Gasteiger partial charge is 0.246 e. The molecule has 2 aromatic carbocycles. The molecule has 3 heterocycles. The van der Waals surface area contributed by atoms with Crippen molar-refractivity contribution in [3.05, 3.63) is 77.6 Å². The van der Waals surface area contributed by atoms with Crippen LogP contribution in [0.1, 0.15) is 42.9 Å². The number of aliphatic hydroxyl groups is 1. The van der Waals surface area contributed by atoms with Gasteiger partial charge in [-0.3, -0.25) is 0 Å². The molecule has 2 aromatic heterocycles. The number of hydrogen-bond acceptors (Lipinski definition) is 6. The molecule has 170 valence electrons. The second-order valence-electron chi connectivity index (χ2n) is 8.58. The van der Waals surface area contributed by atoms with Crippen molar-refractivity contribution in [2.24, 2.45) is 0 Å². The molecule has 33 heavy (non-hydrogen) atoms. The maximum Gasteiger partial charge on any atom is 0.246 e.